The molecule has 0 N–H and O–H groups in total. The molecule has 8 aromatic carbocycles. The second kappa shape index (κ2) is 11.7. The zero-order valence-electron chi connectivity index (χ0n) is 29.4. The van der Waals surface area contributed by atoms with Crippen LogP contribution in [0.5, 0.6) is 0 Å². The molecule has 5 heteroatoms. The largest absolute Gasteiger partial charge is 0.452 e. The summed E-state index contributed by atoms with van der Waals surface area (Å²) in [7, 11) is 0. The topological polar surface area (TPSA) is 43.9 Å². The Morgan fingerprint density at radius 2 is 1.09 bits per heavy atom. The van der Waals surface area contributed by atoms with E-state index in [1.165, 1.54) is 36.3 Å². The summed E-state index contributed by atoms with van der Waals surface area (Å²) in [4.78, 5) is 10.9. The summed E-state index contributed by atoms with van der Waals surface area (Å²) in [5.41, 5.74) is 10.6. The molecule has 12 aromatic rings. The lowest BCUT2D eigenvalue weighted by Crippen LogP contribution is -2.03. The fourth-order valence-corrected chi connectivity index (χ4v) is 9.65. The van der Waals surface area contributed by atoms with Crippen LogP contribution in [0.25, 0.3) is 114 Å². The van der Waals surface area contributed by atoms with Crippen LogP contribution in [0, 0.1) is 0 Å². The van der Waals surface area contributed by atoms with Crippen LogP contribution in [0.1, 0.15) is 0 Å². The van der Waals surface area contributed by atoms with Crippen molar-refractivity contribution in [3.05, 3.63) is 176 Å². The van der Waals surface area contributed by atoms with Crippen molar-refractivity contribution in [2.24, 2.45) is 0 Å². The average Bonchev–Trinajstić information content (AvgIpc) is 3.93. The van der Waals surface area contributed by atoms with Gasteiger partial charge in [-0.05, 0) is 82.2 Å². The van der Waals surface area contributed by atoms with E-state index >= 15 is 0 Å². The Kier molecular flexibility index (Phi) is 6.47. The van der Waals surface area contributed by atoms with Gasteiger partial charge in [-0.15, -0.1) is 11.3 Å². The van der Waals surface area contributed by atoms with E-state index in [1.54, 1.807) is 0 Å². The van der Waals surface area contributed by atoms with Crippen molar-refractivity contribution in [2.45, 2.75) is 0 Å². The number of nitrogens with zero attached hydrogens (tertiary/aromatic N) is 3. The first kappa shape index (κ1) is 30.4. The first-order valence-electron chi connectivity index (χ1n) is 18.5. The number of aromatic nitrogens is 3. The molecule has 4 nitrogen and oxygen atoms in total. The molecule has 0 amide bonds. The van der Waals surface area contributed by atoms with E-state index in [0.29, 0.717) is 11.5 Å². The molecule has 4 heterocycles. The van der Waals surface area contributed by atoms with Crippen LogP contribution in [-0.4, -0.2) is 14.5 Å². The van der Waals surface area contributed by atoms with E-state index in [4.69, 9.17) is 14.4 Å². The summed E-state index contributed by atoms with van der Waals surface area (Å²) in [5, 5.41) is 8.36. The van der Waals surface area contributed by atoms with Gasteiger partial charge in [0.15, 0.2) is 5.58 Å². The van der Waals surface area contributed by atoms with E-state index in [9.17, 15) is 0 Å². The predicted octanol–water partition coefficient (Wildman–Crippen LogP) is 14.0. The second-order valence-corrected chi connectivity index (χ2v) is 15.2. The highest BCUT2D eigenvalue weighted by Crippen LogP contribution is 2.43. The molecule has 0 radical (unpaired) electrons. The van der Waals surface area contributed by atoms with E-state index in [0.717, 1.165) is 66.4 Å². The minimum atomic E-state index is 0.605. The Labute approximate surface area is 319 Å². The molecule has 256 valence electrons. The minimum absolute atomic E-state index is 0.605. The molecule has 0 spiro atoms. The summed E-state index contributed by atoms with van der Waals surface area (Å²) in [6.07, 6.45) is 0. The summed E-state index contributed by atoms with van der Waals surface area (Å²) in [6.45, 7) is 0. The highest BCUT2D eigenvalue weighted by molar-refractivity contribution is 7.26. The predicted molar refractivity (Wildman–Crippen MR) is 230 cm³/mol. The molecule has 0 aliphatic heterocycles. The van der Waals surface area contributed by atoms with Crippen molar-refractivity contribution < 1.29 is 4.42 Å². The van der Waals surface area contributed by atoms with Gasteiger partial charge in [0, 0.05) is 47.3 Å². The summed E-state index contributed by atoms with van der Waals surface area (Å²) in [5.74, 6) is 0.605. The lowest BCUT2D eigenvalue weighted by Gasteiger charge is -2.13. The smallest absolute Gasteiger partial charge is 0.236 e. The Morgan fingerprint density at radius 3 is 1.87 bits per heavy atom. The van der Waals surface area contributed by atoms with Crippen LogP contribution in [0.3, 0.4) is 0 Å². The molecule has 0 fully saturated rings. The highest BCUT2D eigenvalue weighted by atomic mass is 32.1. The fourth-order valence-electron chi connectivity index (χ4n) is 8.42. The maximum atomic E-state index is 6.67. The van der Waals surface area contributed by atoms with Crippen LogP contribution in [-0.2, 0) is 0 Å². The van der Waals surface area contributed by atoms with Crippen molar-refractivity contribution in [2.75, 3.05) is 0 Å². The van der Waals surface area contributed by atoms with Gasteiger partial charge in [-0.2, -0.15) is 0 Å². The lowest BCUT2D eigenvalue weighted by molar-refractivity contribution is 0.666. The number of rotatable bonds is 4. The molecule has 0 saturated heterocycles. The lowest BCUT2D eigenvalue weighted by atomic mass is 9.95. The van der Waals surface area contributed by atoms with E-state index in [1.807, 2.05) is 29.5 Å². The average molecular weight is 720 g/mol. The standard InChI is InChI=1S/C50H29N3OS/c1-3-13-30(14-4-1)33-25-34(31-15-5-2-6-16-31)27-35(26-33)46-48-47(39-19-8-11-21-44(39)54-48)52-50(51-46)53-42-20-10-7-17-36(42)41-29-40-32(28-43(41)53)23-24-38-37-18-9-12-22-45(37)55-49(38)40/h1-29H. The van der Waals surface area contributed by atoms with E-state index in [2.05, 4.69) is 162 Å². The summed E-state index contributed by atoms with van der Waals surface area (Å²) in [6, 6.07) is 62.5. The van der Waals surface area contributed by atoms with Crippen molar-refractivity contribution >= 4 is 86.2 Å². The van der Waals surface area contributed by atoms with Crippen LogP contribution >= 0.6 is 11.3 Å². The molecule has 0 bridgehead atoms. The number of benzene rings is 8. The zero-order valence-corrected chi connectivity index (χ0v) is 30.2. The highest BCUT2D eigenvalue weighted by Gasteiger charge is 2.23. The van der Waals surface area contributed by atoms with Gasteiger partial charge in [0.1, 0.15) is 16.8 Å². The number of thiophene rings is 1. The number of para-hydroxylation sites is 2. The molecule has 12 rings (SSSR count). The van der Waals surface area contributed by atoms with E-state index < -0.39 is 0 Å². The van der Waals surface area contributed by atoms with Crippen LogP contribution < -0.4 is 0 Å². The Balaban J connectivity index is 1.17. The van der Waals surface area contributed by atoms with Gasteiger partial charge in [0.2, 0.25) is 5.95 Å². The molecule has 0 atom stereocenters. The molecule has 0 aliphatic rings. The molecular weight excluding hydrogens is 691 g/mol. The van der Waals surface area contributed by atoms with Crippen LogP contribution in [0.15, 0.2) is 180 Å². The van der Waals surface area contributed by atoms with Crippen molar-refractivity contribution in [1.82, 2.24) is 14.5 Å². The Bertz CT molecular complexity index is 3430. The van der Waals surface area contributed by atoms with E-state index in [-0.39, 0.29) is 0 Å². The third kappa shape index (κ3) is 4.64. The summed E-state index contributed by atoms with van der Waals surface area (Å²) >= 11 is 1.87. The van der Waals surface area contributed by atoms with Gasteiger partial charge in [0.25, 0.3) is 0 Å². The van der Waals surface area contributed by atoms with Gasteiger partial charge in [0.05, 0.1) is 11.0 Å². The normalized spacial score (nSPS) is 12.0. The van der Waals surface area contributed by atoms with Crippen LogP contribution in [0.2, 0.25) is 0 Å². The number of hydrogen-bond donors (Lipinski definition) is 0. The van der Waals surface area contributed by atoms with Gasteiger partial charge >= 0.3 is 0 Å². The molecular formula is C50H29N3OS. The monoisotopic (exact) mass is 719 g/mol. The Hall–Kier alpha value is -7.08. The minimum Gasteiger partial charge on any atom is -0.452 e. The van der Waals surface area contributed by atoms with Crippen LogP contribution in [0.4, 0.5) is 0 Å². The fraction of sp³-hybridized carbons (Fsp3) is 0. The van der Waals surface area contributed by atoms with Crippen molar-refractivity contribution in [3.8, 4) is 39.5 Å². The van der Waals surface area contributed by atoms with Gasteiger partial charge in [-0.3, -0.25) is 4.57 Å². The molecule has 4 aromatic heterocycles. The number of hydrogen-bond acceptors (Lipinski definition) is 4. The maximum absolute atomic E-state index is 6.67. The summed E-state index contributed by atoms with van der Waals surface area (Å²) < 4.78 is 11.5. The van der Waals surface area contributed by atoms with Crippen molar-refractivity contribution in [1.29, 1.82) is 0 Å². The molecule has 0 saturated carbocycles. The first-order valence-corrected chi connectivity index (χ1v) is 19.3. The quantitative estimate of drug-likeness (QED) is 0.182. The zero-order chi connectivity index (χ0) is 36.0. The number of fused-ring (bicyclic) bond motifs is 11. The van der Waals surface area contributed by atoms with Gasteiger partial charge < -0.3 is 4.42 Å². The van der Waals surface area contributed by atoms with Gasteiger partial charge in [-0.25, -0.2) is 9.97 Å². The van der Waals surface area contributed by atoms with Gasteiger partial charge in [-0.1, -0.05) is 121 Å². The SMILES string of the molecule is c1ccc(-c2cc(-c3ccccc3)cc(-c3nc(-n4c5ccccc5c5cc6c(ccc7c8ccccc8sc67)cc54)nc4c3oc3ccccc34)c2)cc1. The molecule has 55 heavy (non-hydrogen) atoms. The van der Waals surface area contributed by atoms with Crippen molar-refractivity contribution in [3.63, 3.8) is 0 Å². The third-order valence-electron chi connectivity index (χ3n) is 11.0. The molecule has 0 aliphatic carbocycles. The Morgan fingerprint density at radius 1 is 0.436 bits per heavy atom. The third-order valence-corrected chi connectivity index (χ3v) is 12.2. The maximum Gasteiger partial charge on any atom is 0.236 e. The number of furan rings is 1. The first-order chi connectivity index (χ1) is 27.2. The molecule has 0 unspecified atom stereocenters. The second-order valence-electron chi connectivity index (χ2n) is 14.2.